The summed E-state index contributed by atoms with van der Waals surface area (Å²) in [5, 5.41) is 21.3. The van der Waals surface area contributed by atoms with Gasteiger partial charge in [-0.15, -0.1) is 0 Å². The third-order valence-corrected chi connectivity index (χ3v) is 6.08. The van der Waals surface area contributed by atoms with Crippen molar-refractivity contribution < 1.29 is 33.8 Å². The lowest BCUT2D eigenvalue weighted by atomic mass is 9.96. The molecule has 13 nitrogen and oxygen atoms in total. The van der Waals surface area contributed by atoms with Crippen LogP contribution in [-0.4, -0.2) is 70.1 Å². The van der Waals surface area contributed by atoms with E-state index in [9.17, 15) is 24.4 Å². The van der Waals surface area contributed by atoms with Crippen molar-refractivity contribution in [2.45, 2.75) is 30.9 Å². The van der Waals surface area contributed by atoms with Gasteiger partial charge in [-0.1, -0.05) is 0 Å². The maximum Gasteiger partial charge on any atom is 0.469 e. The average Bonchev–Trinajstić information content (AvgIpc) is 3.11. The standard InChI is InChI=1S/C21H23N4O9P/c26-18-4-8-24(12-21(29)13-33-17(19(21)27)11-34-35(30,31)32)20(28)25(18)10-16-9-15(3-7-23-16)14-1-5-22-6-2-14/h1-9,17,19,27,29H,10-13H2,(H2,30,31,32)/t17-,19?,21?/m1/s1. The first kappa shape index (κ1) is 25.1. The Morgan fingerprint density at radius 2 is 1.86 bits per heavy atom. The van der Waals surface area contributed by atoms with E-state index in [0.29, 0.717) is 5.69 Å². The molecule has 1 saturated heterocycles. The second-order valence-electron chi connectivity index (χ2n) is 8.11. The normalized spacial score (nSPS) is 22.4. The highest BCUT2D eigenvalue weighted by Gasteiger charge is 2.49. The summed E-state index contributed by atoms with van der Waals surface area (Å²) < 4.78 is 22.5. The number of phosphoric acid groups is 1. The van der Waals surface area contributed by atoms with Crippen LogP contribution in [0.3, 0.4) is 0 Å². The van der Waals surface area contributed by atoms with E-state index in [1.165, 1.54) is 6.20 Å². The summed E-state index contributed by atoms with van der Waals surface area (Å²) in [6.07, 6.45) is 3.20. The number of aromatic nitrogens is 4. The molecule has 0 bridgehead atoms. The molecule has 0 amide bonds. The van der Waals surface area contributed by atoms with Gasteiger partial charge in [0.1, 0.15) is 17.8 Å². The molecule has 1 aliphatic heterocycles. The fraction of sp³-hybridized carbons (Fsp3) is 0.333. The molecule has 0 aliphatic carbocycles. The zero-order valence-corrected chi connectivity index (χ0v) is 19.1. The summed E-state index contributed by atoms with van der Waals surface area (Å²) >= 11 is 0. The number of aliphatic hydroxyl groups excluding tert-OH is 1. The van der Waals surface area contributed by atoms with Gasteiger partial charge in [0.15, 0.2) is 0 Å². The van der Waals surface area contributed by atoms with Gasteiger partial charge in [-0.25, -0.2) is 9.36 Å². The lowest BCUT2D eigenvalue weighted by molar-refractivity contribution is -0.0655. The second-order valence-corrected chi connectivity index (χ2v) is 9.35. The van der Waals surface area contributed by atoms with Crippen molar-refractivity contribution in [3.8, 4) is 11.1 Å². The summed E-state index contributed by atoms with van der Waals surface area (Å²) in [6, 6.07) is 8.30. The molecule has 14 heteroatoms. The number of pyridine rings is 2. The van der Waals surface area contributed by atoms with Crippen LogP contribution in [0.1, 0.15) is 5.69 Å². The van der Waals surface area contributed by atoms with Crippen molar-refractivity contribution in [2.24, 2.45) is 0 Å². The highest BCUT2D eigenvalue weighted by molar-refractivity contribution is 7.46. The Hall–Kier alpha value is -3.03. The van der Waals surface area contributed by atoms with E-state index in [2.05, 4.69) is 14.5 Å². The molecule has 186 valence electrons. The van der Waals surface area contributed by atoms with Crippen LogP contribution in [-0.2, 0) is 26.9 Å². The predicted molar refractivity (Wildman–Crippen MR) is 120 cm³/mol. The molecule has 0 radical (unpaired) electrons. The van der Waals surface area contributed by atoms with Crippen LogP contribution in [0, 0.1) is 0 Å². The minimum absolute atomic E-state index is 0.131. The van der Waals surface area contributed by atoms with E-state index in [1.54, 1.807) is 30.7 Å². The molecule has 3 aromatic rings. The second kappa shape index (κ2) is 9.91. The molecule has 3 aromatic heterocycles. The van der Waals surface area contributed by atoms with Crippen LogP contribution >= 0.6 is 7.82 Å². The number of hydrogen-bond donors (Lipinski definition) is 4. The number of nitrogens with zero attached hydrogens (tertiary/aromatic N) is 4. The van der Waals surface area contributed by atoms with Crippen LogP contribution in [0.2, 0.25) is 0 Å². The molecule has 4 N–H and O–H groups in total. The third-order valence-electron chi connectivity index (χ3n) is 5.59. The number of phosphoric ester groups is 1. The van der Waals surface area contributed by atoms with Gasteiger partial charge in [0.2, 0.25) is 0 Å². The Morgan fingerprint density at radius 1 is 1.14 bits per heavy atom. The molecular formula is C21H23N4O9P. The van der Waals surface area contributed by atoms with Gasteiger partial charge in [0, 0.05) is 30.9 Å². The fourth-order valence-corrected chi connectivity index (χ4v) is 4.13. The van der Waals surface area contributed by atoms with Gasteiger partial charge in [-0.2, -0.15) is 0 Å². The Morgan fingerprint density at radius 3 is 2.57 bits per heavy atom. The van der Waals surface area contributed by atoms with Crippen LogP contribution in [0.4, 0.5) is 0 Å². The molecular weight excluding hydrogens is 483 g/mol. The van der Waals surface area contributed by atoms with Gasteiger partial charge >= 0.3 is 13.5 Å². The monoisotopic (exact) mass is 506 g/mol. The Bertz CT molecular complexity index is 1360. The number of aliphatic hydroxyl groups is 2. The molecule has 0 spiro atoms. The zero-order valence-electron chi connectivity index (χ0n) is 18.2. The van der Waals surface area contributed by atoms with Crippen molar-refractivity contribution in [3.63, 3.8) is 0 Å². The molecule has 0 aromatic carbocycles. The molecule has 4 heterocycles. The lowest BCUT2D eigenvalue weighted by Gasteiger charge is -2.27. The van der Waals surface area contributed by atoms with E-state index in [-0.39, 0.29) is 6.54 Å². The van der Waals surface area contributed by atoms with Crippen molar-refractivity contribution in [2.75, 3.05) is 13.2 Å². The van der Waals surface area contributed by atoms with Crippen LogP contribution in [0.5, 0.6) is 0 Å². The topological polar surface area (TPSA) is 186 Å². The number of rotatable bonds is 8. The van der Waals surface area contributed by atoms with Crippen molar-refractivity contribution >= 4 is 7.82 Å². The van der Waals surface area contributed by atoms with Crippen molar-refractivity contribution in [1.82, 2.24) is 19.1 Å². The molecule has 35 heavy (non-hydrogen) atoms. The minimum Gasteiger partial charge on any atom is -0.387 e. The van der Waals surface area contributed by atoms with E-state index < -0.39 is 56.6 Å². The van der Waals surface area contributed by atoms with Gasteiger partial charge in [0.25, 0.3) is 5.56 Å². The van der Waals surface area contributed by atoms with Crippen molar-refractivity contribution in [1.29, 1.82) is 0 Å². The summed E-state index contributed by atoms with van der Waals surface area (Å²) in [6.45, 7) is -1.66. The van der Waals surface area contributed by atoms with Crippen LogP contribution in [0.15, 0.2) is 64.7 Å². The van der Waals surface area contributed by atoms with Gasteiger partial charge in [0.05, 0.1) is 32.0 Å². The third kappa shape index (κ3) is 5.80. The van der Waals surface area contributed by atoms with E-state index in [1.807, 2.05) is 12.1 Å². The number of ether oxygens (including phenoxy) is 1. The van der Waals surface area contributed by atoms with Crippen LogP contribution in [0.25, 0.3) is 11.1 Å². The fourth-order valence-electron chi connectivity index (χ4n) is 3.79. The molecule has 4 rings (SSSR count). The SMILES string of the molecule is O=c1ccn(CC2(O)CO[C@H](COP(=O)(O)O)C2O)c(=O)n1Cc1cc(-c2ccncc2)ccn1. The first-order chi connectivity index (χ1) is 16.6. The minimum atomic E-state index is -4.80. The van der Waals surface area contributed by atoms with E-state index in [4.69, 9.17) is 14.5 Å². The van der Waals surface area contributed by atoms with Crippen LogP contribution < -0.4 is 11.2 Å². The van der Waals surface area contributed by atoms with E-state index in [0.717, 1.165) is 26.3 Å². The predicted octanol–water partition coefficient (Wildman–Crippen LogP) is -0.885. The molecule has 1 aliphatic rings. The smallest absolute Gasteiger partial charge is 0.387 e. The first-order valence-corrected chi connectivity index (χ1v) is 12.0. The summed E-state index contributed by atoms with van der Waals surface area (Å²) in [5.74, 6) is 0. The highest BCUT2D eigenvalue weighted by Crippen LogP contribution is 2.37. The van der Waals surface area contributed by atoms with Gasteiger partial charge < -0.3 is 24.7 Å². The maximum atomic E-state index is 13.1. The zero-order chi connectivity index (χ0) is 25.2. The lowest BCUT2D eigenvalue weighted by Crippen LogP contribution is -2.51. The summed E-state index contributed by atoms with van der Waals surface area (Å²) in [5.41, 5.74) is -1.13. The molecule has 2 unspecified atom stereocenters. The summed E-state index contributed by atoms with van der Waals surface area (Å²) in [4.78, 5) is 51.4. The van der Waals surface area contributed by atoms with Gasteiger partial charge in [-0.05, 0) is 35.4 Å². The quantitative estimate of drug-likeness (QED) is 0.278. The van der Waals surface area contributed by atoms with Crippen molar-refractivity contribution in [3.05, 3.63) is 81.7 Å². The molecule has 3 atom stereocenters. The largest absolute Gasteiger partial charge is 0.469 e. The maximum absolute atomic E-state index is 13.1. The number of hydrogen-bond acceptors (Lipinski definition) is 9. The Balaban J connectivity index is 1.55. The molecule has 1 fully saturated rings. The average molecular weight is 506 g/mol. The highest BCUT2D eigenvalue weighted by atomic mass is 31.2. The first-order valence-electron chi connectivity index (χ1n) is 10.4. The van der Waals surface area contributed by atoms with E-state index >= 15 is 0 Å². The Kier molecular flexibility index (Phi) is 7.10. The van der Waals surface area contributed by atoms with Gasteiger partial charge in [-0.3, -0.25) is 28.4 Å². The Labute approximate surface area is 198 Å². The summed E-state index contributed by atoms with van der Waals surface area (Å²) in [7, 11) is -4.80. The molecule has 0 saturated carbocycles.